The Morgan fingerprint density at radius 1 is 1.35 bits per heavy atom. The molecule has 1 aromatic carbocycles. The Kier molecular flexibility index (Phi) is 5.00. The van der Waals surface area contributed by atoms with Crippen molar-refractivity contribution in [2.24, 2.45) is 4.99 Å². The van der Waals surface area contributed by atoms with Crippen LogP contribution in [0, 0.1) is 0 Å². The Morgan fingerprint density at radius 2 is 2.09 bits per heavy atom. The highest BCUT2D eigenvalue weighted by Crippen LogP contribution is 2.30. The molecule has 0 radical (unpaired) electrons. The minimum atomic E-state index is -3.42. The van der Waals surface area contributed by atoms with Gasteiger partial charge in [0.2, 0.25) is 9.84 Å². The molecular formula is C16H17NO5S. The topological polar surface area (TPSA) is 93.0 Å². The number of aliphatic hydroxyl groups excluding tert-OH is 1. The van der Waals surface area contributed by atoms with Gasteiger partial charge in [0.05, 0.1) is 17.2 Å². The van der Waals surface area contributed by atoms with Crippen molar-refractivity contribution in [3.8, 4) is 0 Å². The lowest BCUT2D eigenvalue weighted by atomic mass is 10.2. The smallest absolute Gasteiger partial charge is 0.343 e. The molecule has 1 heterocycles. The summed E-state index contributed by atoms with van der Waals surface area (Å²) in [6, 6.07) is 4.69. The number of aliphatic hydroxyl groups is 1. The SMILES string of the molecule is CCOC(=O)/C(C=Nc1ccc2c(c1)S(=O)(=O)C=C2)=C(/O)CC. The maximum Gasteiger partial charge on any atom is 0.343 e. The molecule has 1 N–H and O–H groups in total. The van der Waals surface area contributed by atoms with E-state index in [1.807, 2.05) is 0 Å². The summed E-state index contributed by atoms with van der Waals surface area (Å²) in [6.07, 6.45) is 2.96. The van der Waals surface area contributed by atoms with Crippen molar-refractivity contribution < 1.29 is 23.1 Å². The number of aliphatic imine (C=N–C) groups is 1. The van der Waals surface area contributed by atoms with Crippen molar-refractivity contribution in [2.75, 3.05) is 6.61 Å². The third-order valence-corrected chi connectivity index (χ3v) is 4.68. The standard InChI is InChI=1S/C16H17NO5S/c1-3-14(18)13(16(19)22-4-2)10-17-12-6-5-11-7-8-23(20,21)15(11)9-12/h5-10,18H,3-4H2,1-2H3/b14-13+,17-10?. The number of benzene rings is 1. The molecule has 0 saturated heterocycles. The number of carbonyl (C=O) groups excluding carboxylic acids is 1. The van der Waals surface area contributed by atoms with Gasteiger partial charge in [-0.15, -0.1) is 0 Å². The highest BCUT2D eigenvalue weighted by molar-refractivity contribution is 7.94. The van der Waals surface area contributed by atoms with Gasteiger partial charge < -0.3 is 9.84 Å². The van der Waals surface area contributed by atoms with E-state index in [1.54, 1.807) is 26.0 Å². The molecule has 7 heteroatoms. The van der Waals surface area contributed by atoms with Crippen molar-refractivity contribution >= 4 is 33.8 Å². The number of sulfone groups is 1. The molecule has 0 unspecified atom stereocenters. The van der Waals surface area contributed by atoms with Crippen molar-refractivity contribution in [3.63, 3.8) is 0 Å². The van der Waals surface area contributed by atoms with E-state index in [1.165, 1.54) is 18.4 Å². The summed E-state index contributed by atoms with van der Waals surface area (Å²) in [4.78, 5) is 16.1. The first-order chi connectivity index (χ1) is 10.9. The van der Waals surface area contributed by atoms with E-state index in [-0.39, 0.29) is 29.3 Å². The average molecular weight is 335 g/mol. The predicted octanol–water partition coefficient (Wildman–Crippen LogP) is 2.93. The molecule has 0 amide bonds. The van der Waals surface area contributed by atoms with Crippen LogP contribution in [0.3, 0.4) is 0 Å². The van der Waals surface area contributed by atoms with E-state index in [0.717, 1.165) is 5.41 Å². The molecule has 1 aromatic rings. The van der Waals surface area contributed by atoms with Crippen LogP contribution in [-0.2, 0) is 19.4 Å². The Bertz CT molecular complexity index is 819. The zero-order valence-electron chi connectivity index (χ0n) is 12.8. The predicted molar refractivity (Wildman–Crippen MR) is 87.4 cm³/mol. The van der Waals surface area contributed by atoms with Gasteiger partial charge >= 0.3 is 5.97 Å². The van der Waals surface area contributed by atoms with Crippen molar-refractivity contribution in [3.05, 3.63) is 40.5 Å². The summed E-state index contributed by atoms with van der Waals surface area (Å²) in [5.74, 6) is -0.811. The zero-order chi connectivity index (χ0) is 17.0. The number of ether oxygens (including phenoxy) is 1. The van der Waals surface area contributed by atoms with E-state index in [9.17, 15) is 18.3 Å². The maximum atomic E-state index is 11.8. The second-order valence-electron chi connectivity index (χ2n) is 4.76. The fourth-order valence-electron chi connectivity index (χ4n) is 2.01. The van der Waals surface area contributed by atoms with Crippen molar-refractivity contribution in [1.82, 2.24) is 0 Å². The summed E-state index contributed by atoms with van der Waals surface area (Å²) in [5.41, 5.74) is 0.916. The molecule has 23 heavy (non-hydrogen) atoms. The van der Waals surface area contributed by atoms with Gasteiger partial charge in [-0.2, -0.15) is 0 Å². The summed E-state index contributed by atoms with van der Waals surface area (Å²) < 4.78 is 28.5. The fourth-order valence-corrected chi connectivity index (χ4v) is 3.23. The molecule has 2 rings (SSSR count). The van der Waals surface area contributed by atoms with Crippen LogP contribution < -0.4 is 0 Å². The number of nitrogens with zero attached hydrogens (tertiary/aromatic N) is 1. The lowest BCUT2D eigenvalue weighted by Gasteiger charge is -2.05. The third kappa shape index (κ3) is 3.68. The van der Waals surface area contributed by atoms with Crippen LogP contribution in [0.15, 0.2) is 44.8 Å². The molecular weight excluding hydrogens is 318 g/mol. The molecule has 0 aromatic heterocycles. The quantitative estimate of drug-likeness (QED) is 0.386. The van der Waals surface area contributed by atoms with E-state index in [2.05, 4.69) is 4.99 Å². The number of carbonyl (C=O) groups is 1. The minimum absolute atomic E-state index is 0.0455. The van der Waals surface area contributed by atoms with Crippen LogP contribution in [0.25, 0.3) is 6.08 Å². The molecule has 0 saturated carbocycles. The van der Waals surface area contributed by atoms with E-state index >= 15 is 0 Å². The number of esters is 1. The number of hydrogen-bond donors (Lipinski definition) is 1. The Labute approximate surface area is 134 Å². The van der Waals surface area contributed by atoms with Gasteiger partial charge in [-0.25, -0.2) is 13.2 Å². The number of hydrogen-bond acceptors (Lipinski definition) is 6. The number of fused-ring (bicyclic) bond motifs is 1. The van der Waals surface area contributed by atoms with E-state index in [4.69, 9.17) is 4.74 Å². The average Bonchev–Trinajstić information content (AvgIpc) is 2.82. The first-order valence-corrected chi connectivity index (χ1v) is 8.64. The maximum absolute atomic E-state index is 11.8. The van der Waals surface area contributed by atoms with Crippen LogP contribution in [0.5, 0.6) is 0 Å². The zero-order valence-corrected chi connectivity index (χ0v) is 13.6. The van der Waals surface area contributed by atoms with Gasteiger partial charge in [-0.3, -0.25) is 4.99 Å². The summed E-state index contributed by atoms with van der Waals surface area (Å²) >= 11 is 0. The van der Waals surface area contributed by atoms with Crippen LogP contribution >= 0.6 is 0 Å². The first kappa shape index (κ1) is 17.0. The molecule has 0 atom stereocenters. The van der Waals surface area contributed by atoms with E-state index < -0.39 is 15.8 Å². The second-order valence-corrected chi connectivity index (χ2v) is 6.56. The van der Waals surface area contributed by atoms with Gasteiger partial charge in [-0.05, 0) is 30.7 Å². The van der Waals surface area contributed by atoms with Gasteiger partial charge in [0.25, 0.3) is 0 Å². The van der Waals surface area contributed by atoms with Crippen LogP contribution in [0.1, 0.15) is 25.8 Å². The number of rotatable bonds is 5. The van der Waals surface area contributed by atoms with Crippen molar-refractivity contribution in [2.45, 2.75) is 25.2 Å². The summed E-state index contributed by atoms with van der Waals surface area (Å²) in [7, 11) is -3.42. The van der Waals surface area contributed by atoms with Crippen LogP contribution in [-0.4, -0.2) is 32.3 Å². The Balaban J connectivity index is 2.34. The monoisotopic (exact) mass is 335 g/mol. The molecule has 6 nitrogen and oxygen atoms in total. The van der Waals surface area contributed by atoms with Crippen LogP contribution in [0.2, 0.25) is 0 Å². The van der Waals surface area contributed by atoms with Gasteiger partial charge in [0.1, 0.15) is 11.3 Å². The van der Waals surface area contributed by atoms with Gasteiger partial charge in [-0.1, -0.05) is 13.0 Å². The first-order valence-electron chi connectivity index (χ1n) is 7.09. The minimum Gasteiger partial charge on any atom is -0.511 e. The van der Waals surface area contributed by atoms with Crippen molar-refractivity contribution in [1.29, 1.82) is 0 Å². The summed E-state index contributed by atoms with van der Waals surface area (Å²) in [6.45, 7) is 3.53. The van der Waals surface area contributed by atoms with E-state index in [0.29, 0.717) is 11.3 Å². The molecule has 0 bridgehead atoms. The molecule has 0 aliphatic carbocycles. The van der Waals surface area contributed by atoms with Gasteiger partial charge in [0, 0.05) is 18.0 Å². The second kappa shape index (κ2) is 6.78. The molecule has 1 aliphatic heterocycles. The normalized spacial score (nSPS) is 16.3. The number of allylic oxidation sites excluding steroid dienone is 1. The molecule has 122 valence electrons. The lowest BCUT2D eigenvalue weighted by Crippen LogP contribution is -2.11. The van der Waals surface area contributed by atoms with Gasteiger partial charge in [0.15, 0.2) is 0 Å². The van der Waals surface area contributed by atoms with Crippen LogP contribution in [0.4, 0.5) is 5.69 Å². The summed E-state index contributed by atoms with van der Waals surface area (Å²) in [5, 5.41) is 10.9. The molecule has 0 fully saturated rings. The highest BCUT2D eigenvalue weighted by atomic mass is 32.2. The Morgan fingerprint density at radius 3 is 2.74 bits per heavy atom. The highest BCUT2D eigenvalue weighted by Gasteiger charge is 2.20. The fraction of sp³-hybridized carbons (Fsp3) is 0.250. The largest absolute Gasteiger partial charge is 0.511 e. The lowest BCUT2D eigenvalue weighted by molar-refractivity contribution is -0.138. The molecule has 0 spiro atoms. The third-order valence-electron chi connectivity index (χ3n) is 3.21. The Hall–Kier alpha value is -2.41. The molecule has 1 aliphatic rings.